The van der Waals surface area contributed by atoms with Gasteiger partial charge in [0, 0.05) is 17.2 Å². The van der Waals surface area contributed by atoms with E-state index < -0.39 is 0 Å². The topological polar surface area (TPSA) is 63.2 Å². The first-order chi connectivity index (χ1) is 8.65. The fraction of sp³-hybridized carbons (Fsp3) is 0.462. The quantitative estimate of drug-likeness (QED) is 0.727. The molecule has 0 saturated carbocycles. The predicted octanol–water partition coefficient (Wildman–Crippen LogP) is 1.59. The van der Waals surface area contributed by atoms with Crippen LogP contribution >= 0.6 is 11.3 Å². The molecule has 5 heteroatoms. The Kier molecular flexibility index (Phi) is 6.28. The van der Waals surface area contributed by atoms with Gasteiger partial charge in [-0.3, -0.25) is 9.59 Å². The Morgan fingerprint density at radius 3 is 2.83 bits per heavy atom. The van der Waals surface area contributed by atoms with Crippen LogP contribution in [0.25, 0.3) is 0 Å². The van der Waals surface area contributed by atoms with E-state index in [0.717, 1.165) is 11.2 Å². The molecule has 4 nitrogen and oxygen atoms in total. The minimum atomic E-state index is -0.230. The molecule has 1 heterocycles. The molecular formula is C13H17NO3S. The maximum Gasteiger partial charge on any atom is 0.225 e. The molecule has 98 valence electrons. The van der Waals surface area contributed by atoms with Crippen molar-refractivity contribution in [2.45, 2.75) is 26.2 Å². The van der Waals surface area contributed by atoms with E-state index in [1.165, 1.54) is 11.3 Å². The molecule has 1 unspecified atom stereocenters. The van der Waals surface area contributed by atoms with Crippen LogP contribution in [0.3, 0.4) is 0 Å². The van der Waals surface area contributed by atoms with Gasteiger partial charge in [-0.25, -0.2) is 0 Å². The van der Waals surface area contributed by atoms with Crippen LogP contribution in [0.5, 0.6) is 0 Å². The standard InChI is InChI=1S/C13H17NO3S/c1-2-10(9-15)6-11(16)8-14-13(17)7-12-4-3-5-18-12/h3-5,9-10H,2,6-8H2,1H3,(H,14,17). The lowest BCUT2D eigenvalue weighted by molar-refractivity contribution is -0.126. The second-order valence-corrected chi connectivity index (χ2v) is 5.11. The highest BCUT2D eigenvalue weighted by Gasteiger charge is 2.12. The zero-order chi connectivity index (χ0) is 13.4. The molecule has 0 aliphatic carbocycles. The van der Waals surface area contributed by atoms with Crippen molar-refractivity contribution in [3.8, 4) is 0 Å². The molecular weight excluding hydrogens is 250 g/mol. The summed E-state index contributed by atoms with van der Waals surface area (Å²) in [6.45, 7) is 1.87. The van der Waals surface area contributed by atoms with E-state index in [4.69, 9.17) is 0 Å². The van der Waals surface area contributed by atoms with Crippen LogP contribution in [-0.4, -0.2) is 24.5 Å². The summed E-state index contributed by atoms with van der Waals surface area (Å²) in [5.74, 6) is -0.495. The molecule has 1 rings (SSSR count). The number of hydrogen-bond donors (Lipinski definition) is 1. The predicted molar refractivity (Wildman–Crippen MR) is 70.5 cm³/mol. The van der Waals surface area contributed by atoms with Gasteiger partial charge in [-0.2, -0.15) is 0 Å². The van der Waals surface area contributed by atoms with Crippen LogP contribution in [-0.2, 0) is 20.8 Å². The molecule has 1 aromatic heterocycles. The zero-order valence-electron chi connectivity index (χ0n) is 10.3. The number of amides is 1. The van der Waals surface area contributed by atoms with Crippen molar-refractivity contribution < 1.29 is 14.4 Å². The van der Waals surface area contributed by atoms with Crippen LogP contribution in [0.1, 0.15) is 24.6 Å². The van der Waals surface area contributed by atoms with Crippen LogP contribution in [0.2, 0.25) is 0 Å². The monoisotopic (exact) mass is 267 g/mol. The highest BCUT2D eigenvalue weighted by Crippen LogP contribution is 2.09. The Labute approximate surface area is 110 Å². The molecule has 0 spiro atoms. The van der Waals surface area contributed by atoms with Gasteiger partial charge in [-0.05, 0) is 17.9 Å². The average molecular weight is 267 g/mol. The lowest BCUT2D eigenvalue weighted by Crippen LogP contribution is -2.31. The number of hydrogen-bond acceptors (Lipinski definition) is 4. The minimum Gasteiger partial charge on any atom is -0.349 e. The first kappa shape index (κ1) is 14.6. The third-order valence-electron chi connectivity index (χ3n) is 2.60. The Morgan fingerprint density at radius 2 is 2.28 bits per heavy atom. The van der Waals surface area contributed by atoms with E-state index in [9.17, 15) is 14.4 Å². The average Bonchev–Trinajstić information content (AvgIpc) is 2.86. The maximum atomic E-state index is 11.5. The molecule has 0 fully saturated rings. The third-order valence-corrected chi connectivity index (χ3v) is 3.48. The van der Waals surface area contributed by atoms with Gasteiger partial charge < -0.3 is 10.1 Å². The number of carbonyl (C=O) groups excluding carboxylic acids is 3. The summed E-state index contributed by atoms with van der Waals surface area (Å²) in [5.41, 5.74) is 0. The van der Waals surface area contributed by atoms with E-state index in [0.29, 0.717) is 12.8 Å². The molecule has 0 bridgehead atoms. The van der Waals surface area contributed by atoms with Gasteiger partial charge >= 0.3 is 0 Å². The van der Waals surface area contributed by atoms with E-state index in [2.05, 4.69) is 5.32 Å². The van der Waals surface area contributed by atoms with Gasteiger partial charge in [0.1, 0.15) is 6.29 Å². The maximum absolute atomic E-state index is 11.5. The molecule has 18 heavy (non-hydrogen) atoms. The Morgan fingerprint density at radius 1 is 1.50 bits per heavy atom. The Bertz CT molecular complexity index is 400. The van der Waals surface area contributed by atoms with Gasteiger partial charge in [0.2, 0.25) is 5.91 Å². The van der Waals surface area contributed by atoms with Gasteiger partial charge in [0.05, 0.1) is 13.0 Å². The third kappa shape index (κ3) is 5.23. The van der Waals surface area contributed by atoms with Crippen LogP contribution in [0.15, 0.2) is 17.5 Å². The number of thiophene rings is 1. The fourth-order valence-corrected chi connectivity index (χ4v) is 2.19. The summed E-state index contributed by atoms with van der Waals surface area (Å²) >= 11 is 1.51. The van der Waals surface area contributed by atoms with Gasteiger partial charge in [-0.15, -0.1) is 11.3 Å². The van der Waals surface area contributed by atoms with Crippen molar-refractivity contribution in [2.75, 3.05) is 6.54 Å². The second kappa shape index (κ2) is 7.76. The lowest BCUT2D eigenvalue weighted by Gasteiger charge is -2.07. The zero-order valence-corrected chi connectivity index (χ0v) is 11.2. The smallest absolute Gasteiger partial charge is 0.225 e. The normalized spacial score (nSPS) is 11.8. The number of ketones is 1. The molecule has 1 amide bonds. The first-order valence-electron chi connectivity index (χ1n) is 5.91. The number of carbonyl (C=O) groups is 3. The van der Waals surface area contributed by atoms with E-state index in [1.807, 2.05) is 24.4 Å². The van der Waals surface area contributed by atoms with Gasteiger partial charge in [0.25, 0.3) is 0 Å². The van der Waals surface area contributed by atoms with Crippen molar-refractivity contribution in [1.82, 2.24) is 5.32 Å². The van der Waals surface area contributed by atoms with Crippen molar-refractivity contribution in [1.29, 1.82) is 0 Å². The Balaban J connectivity index is 2.25. The summed E-state index contributed by atoms with van der Waals surface area (Å²) < 4.78 is 0. The molecule has 1 aromatic rings. The fourth-order valence-electron chi connectivity index (χ4n) is 1.48. The van der Waals surface area contributed by atoms with Crippen molar-refractivity contribution in [3.63, 3.8) is 0 Å². The van der Waals surface area contributed by atoms with Crippen LogP contribution in [0.4, 0.5) is 0 Å². The number of nitrogens with one attached hydrogen (secondary N) is 1. The van der Waals surface area contributed by atoms with Crippen LogP contribution < -0.4 is 5.32 Å². The molecule has 0 radical (unpaired) electrons. The van der Waals surface area contributed by atoms with Gasteiger partial charge in [-0.1, -0.05) is 13.0 Å². The van der Waals surface area contributed by atoms with E-state index in [1.54, 1.807) is 0 Å². The summed E-state index contributed by atoms with van der Waals surface area (Å²) in [6, 6.07) is 3.76. The highest BCUT2D eigenvalue weighted by molar-refractivity contribution is 7.10. The summed E-state index contributed by atoms with van der Waals surface area (Å²) in [5, 5.41) is 4.48. The molecule has 0 aliphatic heterocycles. The summed E-state index contributed by atoms with van der Waals surface area (Å²) in [4.78, 5) is 34.6. The minimum absolute atomic E-state index is 0.00848. The molecule has 0 saturated heterocycles. The Hall–Kier alpha value is -1.49. The number of aldehydes is 1. The molecule has 0 aromatic carbocycles. The number of rotatable bonds is 8. The van der Waals surface area contributed by atoms with Crippen molar-refractivity contribution in [2.24, 2.45) is 5.92 Å². The molecule has 1 atom stereocenters. The summed E-state index contributed by atoms with van der Waals surface area (Å²) in [7, 11) is 0. The largest absolute Gasteiger partial charge is 0.349 e. The van der Waals surface area contributed by atoms with E-state index in [-0.39, 0.29) is 30.6 Å². The number of Topliss-reactive ketones (excluding diaryl/α,β-unsaturated/α-hetero) is 1. The highest BCUT2D eigenvalue weighted by atomic mass is 32.1. The summed E-state index contributed by atoms with van der Waals surface area (Å²) in [6.07, 6.45) is 1.96. The SMILES string of the molecule is CCC(C=O)CC(=O)CNC(=O)Cc1cccs1. The van der Waals surface area contributed by atoms with Gasteiger partial charge in [0.15, 0.2) is 5.78 Å². The van der Waals surface area contributed by atoms with E-state index >= 15 is 0 Å². The van der Waals surface area contributed by atoms with Crippen molar-refractivity contribution in [3.05, 3.63) is 22.4 Å². The lowest BCUT2D eigenvalue weighted by atomic mass is 10.0. The first-order valence-corrected chi connectivity index (χ1v) is 6.79. The second-order valence-electron chi connectivity index (χ2n) is 4.08. The molecule has 0 aliphatic rings. The van der Waals surface area contributed by atoms with Crippen LogP contribution in [0, 0.1) is 5.92 Å². The molecule has 1 N–H and O–H groups in total. The van der Waals surface area contributed by atoms with Crippen molar-refractivity contribution >= 4 is 29.3 Å².